The summed E-state index contributed by atoms with van der Waals surface area (Å²) >= 11 is 1.73. The number of hydrogen-bond donors (Lipinski definition) is 1. The van der Waals surface area contributed by atoms with Gasteiger partial charge in [0.15, 0.2) is 0 Å². The SMILES string of the molecule is Cc1ccc(S(=O)(=O)NCCSCc2cccc(C)c2)cc1. The van der Waals surface area contributed by atoms with Crippen molar-refractivity contribution in [2.24, 2.45) is 0 Å². The highest BCUT2D eigenvalue weighted by molar-refractivity contribution is 7.98. The van der Waals surface area contributed by atoms with Crippen LogP contribution in [0.2, 0.25) is 0 Å². The van der Waals surface area contributed by atoms with E-state index in [-0.39, 0.29) is 0 Å². The molecule has 0 saturated heterocycles. The van der Waals surface area contributed by atoms with Crippen molar-refractivity contribution in [1.29, 1.82) is 0 Å². The minimum absolute atomic E-state index is 0.321. The van der Waals surface area contributed by atoms with Crippen LogP contribution in [-0.2, 0) is 15.8 Å². The molecule has 0 radical (unpaired) electrons. The first-order valence-electron chi connectivity index (χ1n) is 7.17. The van der Waals surface area contributed by atoms with Crippen molar-refractivity contribution in [3.8, 4) is 0 Å². The maximum absolute atomic E-state index is 12.1. The lowest BCUT2D eigenvalue weighted by Crippen LogP contribution is -2.26. The molecule has 0 bridgehead atoms. The predicted octanol–water partition coefficient (Wildman–Crippen LogP) is 3.52. The Morgan fingerprint density at radius 2 is 1.73 bits per heavy atom. The van der Waals surface area contributed by atoms with Crippen molar-refractivity contribution in [1.82, 2.24) is 4.72 Å². The second-order valence-electron chi connectivity index (χ2n) is 5.25. The molecule has 0 aliphatic rings. The minimum Gasteiger partial charge on any atom is -0.210 e. The summed E-state index contributed by atoms with van der Waals surface area (Å²) in [5.41, 5.74) is 3.57. The van der Waals surface area contributed by atoms with Crippen molar-refractivity contribution in [2.75, 3.05) is 12.3 Å². The Morgan fingerprint density at radius 3 is 2.41 bits per heavy atom. The molecule has 2 rings (SSSR count). The summed E-state index contributed by atoms with van der Waals surface area (Å²) in [4.78, 5) is 0.321. The normalized spacial score (nSPS) is 11.5. The van der Waals surface area contributed by atoms with Crippen molar-refractivity contribution in [3.63, 3.8) is 0 Å². The van der Waals surface area contributed by atoms with Crippen LogP contribution in [0.15, 0.2) is 53.4 Å². The largest absolute Gasteiger partial charge is 0.240 e. The van der Waals surface area contributed by atoms with Crippen LogP contribution in [0.3, 0.4) is 0 Å². The third kappa shape index (κ3) is 5.16. The van der Waals surface area contributed by atoms with E-state index in [1.807, 2.05) is 13.0 Å². The molecule has 22 heavy (non-hydrogen) atoms. The first-order valence-corrected chi connectivity index (χ1v) is 9.81. The van der Waals surface area contributed by atoms with Gasteiger partial charge in [-0.3, -0.25) is 0 Å². The van der Waals surface area contributed by atoms with Crippen molar-refractivity contribution < 1.29 is 8.42 Å². The molecule has 0 amide bonds. The summed E-state index contributed by atoms with van der Waals surface area (Å²) in [6, 6.07) is 15.3. The zero-order chi connectivity index (χ0) is 16.0. The Bertz CT molecular complexity index is 710. The molecule has 0 aromatic heterocycles. The van der Waals surface area contributed by atoms with E-state index in [9.17, 15) is 8.42 Å². The fraction of sp³-hybridized carbons (Fsp3) is 0.294. The zero-order valence-corrected chi connectivity index (χ0v) is 14.5. The second-order valence-corrected chi connectivity index (χ2v) is 8.12. The van der Waals surface area contributed by atoms with Gasteiger partial charge in [0.2, 0.25) is 10.0 Å². The van der Waals surface area contributed by atoms with Gasteiger partial charge in [-0.15, -0.1) is 0 Å². The molecule has 118 valence electrons. The van der Waals surface area contributed by atoms with Crippen molar-refractivity contribution >= 4 is 21.8 Å². The van der Waals surface area contributed by atoms with Crippen molar-refractivity contribution in [3.05, 3.63) is 65.2 Å². The summed E-state index contributed by atoms with van der Waals surface area (Å²) in [7, 11) is -3.39. The first-order chi connectivity index (χ1) is 10.5. The standard InChI is InChI=1S/C17H21NO2S2/c1-14-6-8-17(9-7-14)22(19,20)18-10-11-21-13-16-5-3-4-15(2)12-16/h3-9,12,18H,10-11,13H2,1-2H3. The summed E-state index contributed by atoms with van der Waals surface area (Å²) in [5, 5.41) is 0. The number of rotatable bonds is 7. The second kappa shape index (κ2) is 7.81. The van der Waals surface area contributed by atoms with Gasteiger partial charge in [0.05, 0.1) is 4.90 Å². The Kier molecular flexibility index (Phi) is 6.06. The summed E-state index contributed by atoms with van der Waals surface area (Å²) in [6.45, 7) is 4.45. The molecule has 0 unspecified atom stereocenters. The molecule has 3 nitrogen and oxygen atoms in total. The van der Waals surface area contributed by atoms with Crippen LogP contribution in [0.5, 0.6) is 0 Å². The first kappa shape index (κ1) is 17.1. The molecule has 0 fully saturated rings. The van der Waals surface area contributed by atoms with E-state index in [2.05, 4.69) is 29.8 Å². The molecule has 1 N–H and O–H groups in total. The number of nitrogens with one attached hydrogen (secondary N) is 1. The number of aryl methyl sites for hydroxylation is 2. The van der Waals surface area contributed by atoms with Crippen molar-refractivity contribution in [2.45, 2.75) is 24.5 Å². The van der Waals surface area contributed by atoms with Crippen LogP contribution < -0.4 is 4.72 Å². The number of sulfonamides is 1. The van der Waals surface area contributed by atoms with E-state index < -0.39 is 10.0 Å². The summed E-state index contributed by atoms with van der Waals surface area (Å²) in [6.07, 6.45) is 0. The van der Waals surface area contributed by atoms with Crippen LogP contribution in [0, 0.1) is 13.8 Å². The lowest BCUT2D eigenvalue weighted by molar-refractivity contribution is 0.584. The lowest BCUT2D eigenvalue weighted by atomic mass is 10.2. The fourth-order valence-corrected chi connectivity index (χ4v) is 4.01. The van der Waals surface area contributed by atoms with Gasteiger partial charge >= 0.3 is 0 Å². The maximum Gasteiger partial charge on any atom is 0.240 e. The predicted molar refractivity (Wildman–Crippen MR) is 93.7 cm³/mol. The number of hydrogen-bond acceptors (Lipinski definition) is 3. The van der Waals surface area contributed by atoms with E-state index in [0.29, 0.717) is 11.4 Å². The molecule has 0 aliphatic carbocycles. The highest BCUT2D eigenvalue weighted by Gasteiger charge is 2.12. The molecular formula is C17H21NO2S2. The summed E-state index contributed by atoms with van der Waals surface area (Å²) in [5.74, 6) is 1.65. The smallest absolute Gasteiger partial charge is 0.210 e. The number of benzene rings is 2. The van der Waals surface area contributed by atoms with Crippen LogP contribution in [0.4, 0.5) is 0 Å². The highest BCUT2D eigenvalue weighted by atomic mass is 32.2. The zero-order valence-electron chi connectivity index (χ0n) is 12.9. The molecule has 0 spiro atoms. The lowest BCUT2D eigenvalue weighted by Gasteiger charge is -2.07. The van der Waals surface area contributed by atoms with Gasteiger partial charge in [-0.25, -0.2) is 13.1 Å². The minimum atomic E-state index is -3.39. The van der Waals surface area contributed by atoms with E-state index >= 15 is 0 Å². The Balaban J connectivity index is 1.77. The van der Waals surface area contributed by atoms with Crippen LogP contribution in [0.1, 0.15) is 16.7 Å². The molecule has 5 heteroatoms. The van der Waals surface area contributed by atoms with Crippen LogP contribution in [0.25, 0.3) is 0 Å². The average Bonchev–Trinajstić information content (AvgIpc) is 2.47. The van der Waals surface area contributed by atoms with E-state index in [1.54, 1.807) is 36.0 Å². The van der Waals surface area contributed by atoms with Crippen LogP contribution in [-0.4, -0.2) is 20.7 Å². The molecule has 0 atom stereocenters. The van der Waals surface area contributed by atoms with Gasteiger partial charge in [0.25, 0.3) is 0 Å². The van der Waals surface area contributed by atoms with E-state index in [1.165, 1.54) is 11.1 Å². The molecule has 0 aliphatic heterocycles. The van der Waals surface area contributed by atoms with Gasteiger partial charge in [-0.2, -0.15) is 11.8 Å². The fourth-order valence-electron chi connectivity index (χ4n) is 2.04. The van der Waals surface area contributed by atoms with E-state index in [0.717, 1.165) is 17.1 Å². The summed E-state index contributed by atoms with van der Waals surface area (Å²) < 4.78 is 26.8. The molecule has 0 heterocycles. The highest BCUT2D eigenvalue weighted by Crippen LogP contribution is 2.14. The van der Waals surface area contributed by atoms with Gasteiger partial charge < -0.3 is 0 Å². The van der Waals surface area contributed by atoms with Gasteiger partial charge in [-0.05, 0) is 31.5 Å². The monoisotopic (exact) mass is 335 g/mol. The van der Waals surface area contributed by atoms with Gasteiger partial charge in [0, 0.05) is 18.1 Å². The average molecular weight is 335 g/mol. The molecule has 2 aromatic carbocycles. The van der Waals surface area contributed by atoms with Crippen LogP contribution >= 0.6 is 11.8 Å². The molecular weight excluding hydrogens is 314 g/mol. The van der Waals surface area contributed by atoms with Gasteiger partial charge in [0.1, 0.15) is 0 Å². The van der Waals surface area contributed by atoms with Gasteiger partial charge in [-0.1, -0.05) is 47.5 Å². The maximum atomic E-state index is 12.1. The molecule has 0 saturated carbocycles. The Labute approximate surface area is 137 Å². The third-order valence-corrected chi connectivity index (χ3v) is 5.73. The Morgan fingerprint density at radius 1 is 1.00 bits per heavy atom. The quantitative estimate of drug-likeness (QED) is 0.788. The third-order valence-electron chi connectivity index (χ3n) is 3.22. The Hall–Kier alpha value is -1.30. The number of thioether (sulfide) groups is 1. The molecule has 2 aromatic rings. The topological polar surface area (TPSA) is 46.2 Å². The van der Waals surface area contributed by atoms with E-state index in [4.69, 9.17) is 0 Å².